The van der Waals surface area contributed by atoms with Crippen LogP contribution in [-0.4, -0.2) is 30.6 Å². The van der Waals surface area contributed by atoms with Crippen LogP contribution in [0.5, 0.6) is 0 Å². The minimum Gasteiger partial charge on any atom is -0.452 e. The van der Waals surface area contributed by atoms with Crippen molar-refractivity contribution in [3.05, 3.63) is 58.6 Å². The number of nitrogens with one attached hydrogen (secondary N) is 2. The molecule has 0 aliphatic rings. The zero-order valence-electron chi connectivity index (χ0n) is 14.4. The third-order valence-electron chi connectivity index (χ3n) is 3.43. The largest absolute Gasteiger partial charge is 0.471 e. The van der Waals surface area contributed by atoms with E-state index in [1.54, 1.807) is 30.4 Å². The Balaban J connectivity index is 1.87. The minimum absolute atomic E-state index is 0.00353. The summed E-state index contributed by atoms with van der Waals surface area (Å²) in [5.41, 5.74) is 1.12. The van der Waals surface area contributed by atoms with Gasteiger partial charge < -0.3 is 15.4 Å². The van der Waals surface area contributed by atoms with Gasteiger partial charge in [-0.15, -0.1) is 0 Å². The lowest BCUT2D eigenvalue weighted by Gasteiger charge is -2.09. The molecule has 0 saturated heterocycles. The predicted molar refractivity (Wildman–Crippen MR) is 96.2 cm³/mol. The molecular formula is C18H14ClF3N2O4. The Labute approximate surface area is 162 Å². The van der Waals surface area contributed by atoms with Gasteiger partial charge in [0.1, 0.15) is 0 Å². The minimum atomic E-state index is -5.02. The van der Waals surface area contributed by atoms with Gasteiger partial charge in [0.15, 0.2) is 6.61 Å². The summed E-state index contributed by atoms with van der Waals surface area (Å²) in [7, 11) is 0. The van der Waals surface area contributed by atoms with Crippen molar-refractivity contribution in [1.29, 1.82) is 0 Å². The summed E-state index contributed by atoms with van der Waals surface area (Å²) in [6, 6.07) is 9.42. The SMILES string of the molecule is Cc1ccc(NC(=O)COC(=O)c2ccc(NC(=O)C(F)(F)F)cc2)cc1Cl. The Morgan fingerprint density at radius 2 is 1.61 bits per heavy atom. The molecule has 10 heteroatoms. The molecule has 6 nitrogen and oxygen atoms in total. The van der Waals surface area contributed by atoms with E-state index in [4.69, 9.17) is 16.3 Å². The first-order valence-corrected chi connectivity index (χ1v) is 8.15. The van der Waals surface area contributed by atoms with Gasteiger partial charge in [-0.2, -0.15) is 13.2 Å². The standard InChI is InChI=1S/C18H14ClF3N2O4/c1-10-2-5-13(8-14(10)19)23-15(25)9-28-16(26)11-3-6-12(7-4-11)24-17(27)18(20,21)22/h2-8H,9H2,1H3,(H,23,25)(H,24,27). The molecule has 0 radical (unpaired) electrons. The van der Waals surface area contributed by atoms with Crippen LogP contribution in [0.1, 0.15) is 15.9 Å². The van der Waals surface area contributed by atoms with Gasteiger partial charge in [-0.05, 0) is 48.9 Å². The number of anilines is 2. The van der Waals surface area contributed by atoms with Crippen molar-refractivity contribution >= 4 is 40.8 Å². The van der Waals surface area contributed by atoms with E-state index in [1.807, 2.05) is 0 Å². The second kappa shape index (κ2) is 8.75. The van der Waals surface area contributed by atoms with Crippen LogP contribution < -0.4 is 10.6 Å². The number of benzene rings is 2. The van der Waals surface area contributed by atoms with Crippen LogP contribution in [0, 0.1) is 6.92 Å². The molecule has 0 heterocycles. The predicted octanol–water partition coefficient (Wildman–Crippen LogP) is 3.94. The first kappa shape index (κ1) is 21.2. The number of ether oxygens (including phenoxy) is 1. The summed E-state index contributed by atoms with van der Waals surface area (Å²) >= 11 is 5.95. The molecule has 0 bridgehead atoms. The topological polar surface area (TPSA) is 84.5 Å². The number of hydrogen-bond donors (Lipinski definition) is 2. The number of carbonyl (C=O) groups is 3. The highest BCUT2D eigenvalue weighted by Crippen LogP contribution is 2.20. The van der Waals surface area contributed by atoms with Crippen LogP contribution in [0.15, 0.2) is 42.5 Å². The van der Waals surface area contributed by atoms with Gasteiger partial charge in [-0.1, -0.05) is 17.7 Å². The summed E-state index contributed by atoms with van der Waals surface area (Å²) in [5.74, 6) is -3.58. The average Bonchev–Trinajstić information content (AvgIpc) is 2.62. The molecule has 2 rings (SSSR count). The first-order valence-electron chi connectivity index (χ1n) is 7.77. The zero-order valence-corrected chi connectivity index (χ0v) is 15.1. The highest BCUT2D eigenvalue weighted by Gasteiger charge is 2.38. The number of carbonyl (C=O) groups excluding carboxylic acids is 3. The van der Waals surface area contributed by atoms with Gasteiger partial charge in [-0.3, -0.25) is 9.59 Å². The molecule has 0 aromatic heterocycles. The van der Waals surface area contributed by atoms with E-state index in [9.17, 15) is 27.6 Å². The molecule has 28 heavy (non-hydrogen) atoms. The maximum atomic E-state index is 12.2. The van der Waals surface area contributed by atoms with E-state index < -0.39 is 30.6 Å². The van der Waals surface area contributed by atoms with Crippen LogP contribution in [-0.2, 0) is 14.3 Å². The first-order chi connectivity index (χ1) is 13.1. The fourth-order valence-corrected chi connectivity index (χ4v) is 2.15. The number of amides is 2. The van der Waals surface area contributed by atoms with Gasteiger partial charge in [0.25, 0.3) is 5.91 Å². The second-order valence-corrected chi connectivity index (χ2v) is 6.02. The zero-order chi connectivity index (χ0) is 20.9. The quantitative estimate of drug-likeness (QED) is 0.726. The molecular weight excluding hydrogens is 401 g/mol. The van der Waals surface area contributed by atoms with Crippen molar-refractivity contribution in [3.8, 4) is 0 Å². The number of hydrogen-bond acceptors (Lipinski definition) is 4. The second-order valence-electron chi connectivity index (χ2n) is 5.62. The lowest BCUT2D eigenvalue weighted by Crippen LogP contribution is -2.29. The van der Waals surface area contributed by atoms with E-state index in [-0.39, 0.29) is 11.3 Å². The third kappa shape index (κ3) is 5.98. The van der Waals surface area contributed by atoms with E-state index in [0.29, 0.717) is 10.7 Å². The van der Waals surface area contributed by atoms with Crippen LogP contribution in [0.25, 0.3) is 0 Å². The van der Waals surface area contributed by atoms with Crippen LogP contribution >= 0.6 is 11.6 Å². The van der Waals surface area contributed by atoms with Crippen molar-refractivity contribution in [2.45, 2.75) is 13.1 Å². The van der Waals surface area contributed by atoms with Crippen molar-refractivity contribution < 1.29 is 32.3 Å². The van der Waals surface area contributed by atoms with E-state index >= 15 is 0 Å². The van der Waals surface area contributed by atoms with Crippen LogP contribution in [0.2, 0.25) is 5.02 Å². The number of esters is 1. The third-order valence-corrected chi connectivity index (χ3v) is 3.83. The lowest BCUT2D eigenvalue weighted by molar-refractivity contribution is -0.167. The highest BCUT2D eigenvalue weighted by atomic mass is 35.5. The maximum Gasteiger partial charge on any atom is 0.471 e. The maximum absolute atomic E-state index is 12.2. The molecule has 0 spiro atoms. The Morgan fingerprint density at radius 1 is 1.00 bits per heavy atom. The van der Waals surface area contributed by atoms with Crippen molar-refractivity contribution in [2.75, 3.05) is 17.2 Å². The van der Waals surface area contributed by atoms with Crippen LogP contribution in [0.4, 0.5) is 24.5 Å². The number of aryl methyl sites for hydroxylation is 1. The molecule has 0 saturated carbocycles. The molecule has 2 aromatic carbocycles. The van der Waals surface area contributed by atoms with E-state index in [0.717, 1.165) is 29.8 Å². The Kier molecular flexibility index (Phi) is 6.63. The molecule has 0 aliphatic heterocycles. The Hall–Kier alpha value is -3.07. The van der Waals surface area contributed by atoms with Gasteiger partial charge in [0.2, 0.25) is 0 Å². The van der Waals surface area contributed by atoms with Gasteiger partial charge in [0, 0.05) is 16.4 Å². The Bertz CT molecular complexity index is 899. The summed E-state index contributed by atoms with van der Waals surface area (Å²) in [6.45, 7) is 1.23. The van der Waals surface area contributed by atoms with Gasteiger partial charge in [0.05, 0.1) is 5.56 Å². The fraction of sp³-hybridized carbons (Fsp3) is 0.167. The summed E-state index contributed by atoms with van der Waals surface area (Å²) in [5, 5.41) is 4.62. The molecule has 0 aliphatic carbocycles. The monoisotopic (exact) mass is 414 g/mol. The lowest BCUT2D eigenvalue weighted by atomic mass is 10.2. The number of rotatable bonds is 5. The fourth-order valence-electron chi connectivity index (χ4n) is 1.97. The molecule has 2 N–H and O–H groups in total. The highest BCUT2D eigenvalue weighted by molar-refractivity contribution is 6.31. The smallest absolute Gasteiger partial charge is 0.452 e. The summed E-state index contributed by atoms with van der Waals surface area (Å²) < 4.78 is 41.4. The number of halogens is 4. The van der Waals surface area contributed by atoms with E-state index in [1.165, 1.54) is 0 Å². The van der Waals surface area contributed by atoms with Crippen molar-refractivity contribution in [3.63, 3.8) is 0 Å². The Morgan fingerprint density at radius 3 is 2.18 bits per heavy atom. The normalized spacial score (nSPS) is 10.9. The molecule has 2 amide bonds. The molecule has 0 unspecified atom stereocenters. The molecule has 0 atom stereocenters. The summed E-state index contributed by atoms with van der Waals surface area (Å²) in [4.78, 5) is 34.6. The molecule has 2 aromatic rings. The van der Waals surface area contributed by atoms with Crippen molar-refractivity contribution in [1.82, 2.24) is 0 Å². The number of alkyl halides is 3. The van der Waals surface area contributed by atoms with E-state index in [2.05, 4.69) is 5.32 Å². The summed E-state index contributed by atoms with van der Waals surface area (Å²) in [6.07, 6.45) is -5.02. The van der Waals surface area contributed by atoms with Gasteiger partial charge >= 0.3 is 18.1 Å². The van der Waals surface area contributed by atoms with Crippen LogP contribution in [0.3, 0.4) is 0 Å². The molecule has 0 fully saturated rings. The van der Waals surface area contributed by atoms with Gasteiger partial charge in [-0.25, -0.2) is 4.79 Å². The molecule has 148 valence electrons. The average molecular weight is 415 g/mol. The van der Waals surface area contributed by atoms with Crippen molar-refractivity contribution in [2.24, 2.45) is 0 Å².